The van der Waals surface area contributed by atoms with Crippen molar-refractivity contribution in [3.63, 3.8) is 0 Å². The second-order valence-electron chi connectivity index (χ2n) is 2.50. The van der Waals surface area contributed by atoms with E-state index < -0.39 is 0 Å². The van der Waals surface area contributed by atoms with Gasteiger partial charge < -0.3 is 9.64 Å². The molecule has 68 valence electrons. The van der Waals surface area contributed by atoms with Gasteiger partial charge in [0.1, 0.15) is 6.67 Å². The zero-order chi connectivity index (χ0) is 8.69. The van der Waals surface area contributed by atoms with Gasteiger partial charge in [-0.05, 0) is 7.05 Å². The molecule has 1 unspecified atom stereocenters. The minimum atomic E-state index is -0.288. The summed E-state index contributed by atoms with van der Waals surface area (Å²) >= 11 is 3.42. The third-order valence-corrected chi connectivity index (χ3v) is 1.88. The minimum Gasteiger partial charge on any atom is -0.383 e. The van der Waals surface area contributed by atoms with Crippen molar-refractivity contribution in [2.75, 3.05) is 40.5 Å². The van der Waals surface area contributed by atoms with Gasteiger partial charge in [0.2, 0.25) is 0 Å². The summed E-state index contributed by atoms with van der Waals surface area (Å²) in [5, 5.41) is 0. The fourth-order valence-corrected chi connectivity index (χ4v) is 1.57. The van der Waals surface area contributed by atoms with Gasteiger partial charge in [0.15, 0.2) is 0 Å². The molecule has 0 aliphatic rings. The van der Waals surface area contributed by atoms with Gasteiger partial charge in [0, 0.05) is 20.2 Å². The number of hydrogen-bond donors (Lipinski definition) is 0. The van der Waals surface area contributed by atoms with Crippen molar-refractivity contribution in [2.45, 2.75) is 4.83 Å². The van der Waals surface area contributed by atoms with Crippen molar-refractivity contribution >= 4 is 15.9 Å². The van der Waals surface area contributed by atoms with Gasteiger partial charge in [-0.3, -0.25) is 0 Å². The second-order valence-corrected chi connectivity index (χ2v) is 3.80. The van der Waals surface area contributed by atoms with Crippen LogP contribution in [0.25, 0.3) is 0 Å². The van der Waals surface area contributed by atoms with Gasteiger partial charge in [-0.2, -0.15) is 0 Å². The molecule has 0 saturated heterocycles. The van der Waals surface area contributed by atoms with E-state index in [1.54, 1.807) is 7.11 Å². The molecular formula is C7H15BrFNO. The number of alkyl halides is 2. The van der Waals surface area contributed by atoms with Crippen LogP contribution in [0.3, 0.4) is 0 Å². The summed E-state index contributed by atoms with van der Waals surface area (Å²) in [6, 6.07) is 0. The van der Waals surface area contributed by atoms with Crippen LogP contribution in [0.4, 0.5) is 4.39 Å². The van der Waals surface area contributed by atoms with Crippen LogP contribution < -0.4 is 0 Å². The fraction of sp³-hybridized carbons (Fsp3) is 1.00. The van der Waals surface area contributed by atoms with E-state index in [1.165, 1.54) is 0 Å². The summed E-state index contributed by atoms with van der Waals surface area (Å²) in [4.78, 5) is 2.22. The molecule has 0 aliphatic heterocycles. The first-order valence-electron chi connectivity index (χ1n) is 3.58. The Morgan fingerprint density at radius 2 is 2.27 bits per heavy atom. The molecule has 0 saturated carbocycles. The van der Waals surface area contributed by atoms with Crippen LogP contribution in [0.1, 0.15) is 0 Å². The van der Waals surface area contributed by atoms with Gasteiger partial charge >= 0.3 is 0 Å². The van der Waals surface area contributed by atoms with Gasteiger partial charge in [-0.15, -0.1) is 0 Å². The van der Waals surface area contributed by atoms with Crippen molar-refractivity contribution in [1.29, 1.82) is 0 Å². The lowest BCUT2D eigenvalue weighted by Crippen LogP contribution is -2.29. The lowest BCUT2D eigenvalue weighted by Gasteiger charge is -2.17. The monoisotopic (exact) mass is 227 g/mol. The normalized spacial score (nSPS) is 13.9. The van der Waals surface area contributed by atoms with Crippen LogP contribution in [0.15, 0.2) is 0 Å². The Hall–Kier alpha value is 0.330. The molecule has 0 fully saturated rings. The summed E-state index contributed by atoms with van der Waals surface area (Å²) in [6.07, 6.45) is 0. The number of rotatable bonds is 6. The van der Waals surface area contributed by atoms with Crippen LogP contribution in [0.2, 0.25) is 0 Å². The Kier molecular flexibility index (Phi) is 7.22. The Balaban J connectivity index is 3.32. The highest BCUT2D eigenvalue weighted by atomic mass is 79.9. The number of ether oxygens (including phenoxy) is 1. The third kappa shape index (κ3) is 6.72. The van der Waals surface area contributed by atoms with E-state index in [2.05, 4.69) is 15.9 Å². The largest absolute Gasteiger partial charge is 0.383 e. The summed E-state index contributed by atoms with van der Waals surface area (Å²) in [7, 11) is 3.55. The van der Waals surface area contributed by atoms with Crippen molar-refractivity contribution in [1.82, 2.24) is 4.90 Å². The van der Waals surface area contributed by atoms with E-state index in [4.69, 9.17) is 4.74 Å². The molecule has 0 heterocycles. The first-order valence-corrected chi connectivity index (χ1v) is 4.49. The Bertz CT molecular complexity index is 84.5. The van der Waals surface area contributed by atoms with Crippen LogP contribution in [-0.4, -0.2) is 50.3 Å². The van der Waals surface area contributed by atoms with E-state index in [-0.39, 0.29) is 6.67 Å². The summed E-state index contributed by atoms with van der Waals surface area (Å²) in [5.74, 6) is 0. The molecule has 1 atom stereocenters. The topological polar surface area (TPSA) is 12.5 Å². The van der Waals surface area contributed by atoms with E-state index in [1.807, 2.05) is 11.9 Å². The molecule has 4 heteroatoms. The molecule has 0 radical (unpaired) electrons. The summed E-state index contributed by atoms with van der Waals surface area (Å²) < 4.78 is 16.7. The summed E-state index contributed by atoms with van der Waals surface area (Å²) in [5.41, 5.74) is 0. The molecule has 0 bridgehead atoms. The SMILES string of the molecule is COCC(Br)CN(C)CCF. The molecule has 0 N–H and O–H groups in total. The second kappa shape index (κ2) is 7.00. The Morgan fingerprint density at radius 3 is 2.73 bits per heavy atom. The third-order valence-electron chi connectivity index (χ3n) is 1.32. The highest BCUT2D eigenvalue weighted by molar-refractivity contribution is 9.09. The smallest absolute Gasteiger partial charge is 0.102 e. The van der Waals surface area contributed by atoms with Crippen molar-refractivity contribution in [2.24, 2.45) is 0 Å². The van der Waals surface area contributed by atoms with E-state index >= 15 is 0 Å². The zero-order valence-electron chi connectivity index (χ0n) is 7.02. The average Bonchev–Trinajstić information content (AvgIpc) is 1.87. The molecule has 0 spiro atoms. The summed E-state index contributed by atoms with van der Waals surface area (Å²) in [6.45, 7) is 1.68. The van der Waals surface area contributed by atoms with Gasteiger partial charge in [-0.1, -0.05) is 15.9 Å². The maximum absolute atomic E-state index is 11.8. The molecule has 0 aromatic rings. The van der Waals surface area contributed by atoms with Crippen LogP contribution in [-0.2, 0) is 4.74 Å². The van der Waals surface area contributed by atoms with Gasteiger partial charge in [-0.25, -0.2) is 4.39 Å². The van der Waals surface area contributed by atoms with Crippen LogP contribution >= 0.6 is 15.9 Å². The lowest BCUT2D eigenvalue weighted by atomic mass is 10.4. The lowest BCUT2D eigenvalue weighted by molar-refractivity contribution is 0.184. The Labute approximate surface area is 75.8 Å². The van der Waals surface area contributed by atoms with Crippen LogP contribution in [0, 0.1) is 0 Å². The maximum atomic E-state index is 11.8. The number of nitrogens with zero attached hydrogens (tertiary/aromatic N) is 1. The maximum Gasteiger partial charge on any atom is 0.102 e. The zero-order valence-corrected chi connectivity index (χ0v) is 8.60. The molecule has 0 aliphatic carbocycles. The average molecular weight is 228 g/mol. The van der Waals surface area contributed by atoms with Crippen LogP contribution in [0.5, 0.6) is 0 Å². The van der Waals surface area contributed by atoms with Crippen molar-refractivity contribution in [3.8, 4) is 0 Å². The highest BCUT2D eigenvalue weighted by Gasteiger charge is 2.06. The molecule has 0 aromatic carbocycles. The molecule has 0 amide bonds. The van der Waals surface area contributed by atoms with E-state index in [0.717, 1.165) is 6.54 Å². The number of methoxy groups -OCH3 is 1. The molecule has 2 nitrogen and oxygen atoms in total. The van der Waals surface area contributed by atoms with Crippen molar-refractivity contribution in [3.05, 3.63) is 0 Å². The molecule has 11 heavy (non-hydrogen) atoms. The highest BCUT2D eigenvalue weighted by Crippen LogP contribution is 2.01. The van der Waals surface area contributed by atoms with Gasteiger partial charge in [0.05, 0.1) is 11.4 Å². The molecular weight excluding hydrogens is 213 g/mol. The van der Waals surface area contributed by atoms with E-state index in [9.17, 15) is 4.39 Å². The van der Waals surface area contributed by atoms with Gasteiger partial charge in [0.25, 0.3) is 0 Å². The Morgan fingerprint density at radius 1 is 1.64 bits per heavy atom. The number of halogens is 2. The minimum absolute atomic E-state index is 0.288. The fourth-order valence-electron chi connectivity index (χ4n) is 0.807. The van der Waals surface area contributed by atoms with Crippen molar-refractivity contribution < 1.29 is 9.13 Å². The standard InChI is InChI=1S/C7H15BrFNO/c1-10(4-3-9)5-7(8)6-11-2/h7H,3-6H2,1-2H3. The molecule has 0 rings (SSSR count). The predicted octanol–water partition coefficient (Wildman–Crippen LogP) is 1.30. The number of hydrogen-bond acceptors (Lipinski definition) is 2. The van der Waals surface area contributed by atoms with E-state index in [0.29, 0.717) is 18.0 Å². The molecule has 0 aromatic heterocycles. The first-order chi connectivity index (χ1) is 5.20. The predicted molar refractivity (Wildman–Crippen MR) is 48.1 cm³/mol. The quantitative estimate of drug-likeness (QED) is 0.635. The first kappa shape index (κ1) is 11.3.